The van der Waals surface area contributed by atoms with Gasteiger partial charge in [0.15, 0.2) is 6.61 Å². The number of aliphatic hydroxyl groups is 1. The van der Waals surface area contributed by atoms with Crippen molar-refractivity contribution >= 4 is 36.4 Å². The van der Waals surface area contributed by atoms with E-state index >= 15 is 0 Å². The molecule has 5 aromatic carbocycles. The van der Waals surface area contributed by atoms with E-state index in [4.69, 9.17) is 13.9 Å². The number of hydrogen-bond donors (Lipinski definition) is 4. The minimum atomic E-state index is -2.74. The molecular formula is C49H59FN4O7Si. The van der Waals surface area contributed by atoms with Gasteiger partial charge in [0.2, 0.25) is 0 Å². The van der Waals surface area contributed by atoms with Gasteiger partial charge in [0.1, 0.15) is 35.8 Å². The van der Waals surface area contributed by atoms with E-state index in [1.54, 1.807) is 11.0 Å². The lowest BCUT2D eigenvalue weighted by atomic mass is 10.0. The summed E-state index contributed by atoms with van der Waals surface area (Å²) in [5.41, 5.74) is 2.52. The minimum absolute atomic E-state index is 0.0367. The predicted molar refractivity (Wildman–Crippen MR) is 244 cm³/mol. The van der Waals surface area contributed by atoms with Crippen molar-refractivity contribution in [3.63, 3.8) is 0 Å². The summed E-state index contributed by atoms with van der Waals surface area (Å²) in [6, 6.07) is 41.4. The molecule has 2 amide bonds. The second kappa shape index (κ2) is 21.8. The Morgan fingerprint density at radius 3 is 2.03 bits per heavy atom. The van der Waals surface area contributed by atoms with Crippen LogP contribution in [0.2, 0.25) is 5.04 Å². The smallest absolute Gasteiger partial charge is 0.343 e. The van der Waals surface area contributed by atoms with Gasteiger partial charge in [0, 0.05) is 49.5 Å². The van der Waals surface area contributed by atoms with Crippen molar-refractivity contribution in [1.82, 2.24) is 15.5 Å². The highest BCUT2D eigenvalue weighted by Crippen LogP contribution is 2.38. The molecule has 0 spiro atoms. The predicted octanol–water partition coefficient (Wildman–Crippen LogP) is 6.67. The summed E-state index contributed by atoms with van der Waals surface area (Å²) >= 11 is 0. The number of urea groups is 1. The molecule has 1 atom stereocenters. The number of halogens is 1. The number of anilines is 1. The van der Waals surface area contributed by atoms with Crippen LogP contribution in [-0.2, 0) is 22.5 Å². The molecule has 0 aromatic heterocycles. The van der Waals surface area contributed by atoms with E-state index in [-0.39, 0.29) is 42.6 Å². The van der Waals surface area contributed by atoms with Crippen LogP contribution in [0.3, 0.4) is 0 Å². The molecule has 0 radical (unpaired) electrons. The average Bonchev–Trinajstić information content (AvgIpc) is 3.29. The lowest BCUT2D eigenvalue weighted by Gasteiger charge is -2.43. The highest BCUT2D eigenvalue weighted by atomic mass is 28.4. The topological polar surface area (TPSA) is 131 Å². The summed E-state index contributed by atoms with van der Waals surface area (Å²) in [6.45, 7) is 8.94. The molecule has 6 rings (SSSR count). The van der Waals surface area contributed by atoms with Crippen molar-refractivity contribution in [2.45, 2.75) is 63.8 Å². The number of rotatable bonds is 19. The van der Waals surface area contributed by atoms with Crippen LogP contribution in [0, 0.1) is 5.82 Å². The number of amides is 2. The second-order valence-corrected chi connectivity index (χ2v) is 20.8. The number of aliphatic hydroxyl groups excluding tert-OH is 1. The largest absolute Gasteiger partial charge is 0.534 e. The van der Waals surface area contributed by atoms with Gasteiger partial charge in [-0.15, -0.1) is 0 Å². The van der Waals surface area contributed by atoms with Crippen LogP contribution in [0.15, 0.2) is 127 Å². The van der Waals surface area contributed by atoms with Gasteiger partial charge in [0.25, 0.3) is 0 Å². The molecule has 1 fully saturated rings. The molecular weight excluding hydrogens is 804 g/mol. The lowest BCUT2D eigenvalue weighted by molar-refractivity contribution is -0.142. The van der Waals surface area contributed by atoms with Gasteiger partial charge in [0.05, 0.1) is 7.11 Å². The maximum atomic E-state index is 14.6. The van der Waals surface area contributed by atoms with Crippen molar-refractivity contribution in [1.29, 1.82) is 0 Å². The number of piperidine rings is 1. The molecule has 0 aliphatic carbocycles. The van der Waals surface area contributed by atoms with Crippen molar-refractivity contribution in [2.24, 2.45) is 0 Å². The van der Waals surface area contributed by atoms with Crippen molar-refractivity contribution in [2.75, 3.05) is 51.8 Å². The third-order valence-electron chi connectivity index (χ3n) is 11.1. The standard InChI is InChI=1S/C49H59FN4O7Si/c1-49(2,3)62(44-11-7-5-8-12-44,45-13-9-6-10-14-45)61-42-23-21-41(22-24-42)59-34-40(55)33-51-28-25-36-15-18-38(19-16-36)53-39-26-29-54(30-27-39)48(57)52-32-37-17-20-43(31-46(37)50)60-35-47(56)58-4/h5-24,31,39-40,51,53,55H,25-30,32-35H2,1-4H3,(H,52,57)/t40-/m0/s1. The van der Waals surface area contributed by atoms with E-state index in [1.807, 2.05) is 36.4 Å². The molecule has 11 nitrogen and oxygen atoms in total. The number of likely N-dealkylation sites (tertiary alicyclic amines) is 1. The average molecular weight is 863 g/mol. The van der Waals surface area contributed by atoms with Crippen LogP contribution < -0.4 is 40.2 Å². The Balaban J connectivity index is 0.872. The molecule has 0 saturated carbocycles. The normalized spacial score (nSPS) is 13.8. The first kappa shape index (κ1) is 45.6. The highest BCUT2D eigenvalue weighted by molar-refractivity contribution is 7.00. The van der Waals surface area contributed by atoms with E-state index in [0.717, 1.165) is 30.7 Å². The zero-order valence-corrected chi connectivity index (χ0v) is 37.1. The van der Waals surface area contributed by atoms with E-state index < -0.39 is 26.2 Å². The Kier molecular flexibility index (Phi) is 16.0. The first-order valence-electron chi connectivity index (χ1n) is 21.2. The lowest BCUT2D eigenvalue weighted by Crippen LogP contribution is -2.68. The van der Waals surface area contributed by atoms with Gasteiger partial charge < -0.3 is 44.6 Å². The van der Waals surface area contributed by atoms with Gasteiger partial charge in [-0.3, -0.25) is 0 Å². The van der Waals surface area contributed by atoms with Crippen molar-refractivity contribution < 1.29 is 37.7 Å². The molecule has 4 N–H and O–H groups in total. The molecule has 5 aromatic rings. The van der Waals surface area contributed by atoms with Crippen LogP contribution in [0.1, 0.15) is 44.7 Å². The third kappa shape index (κ3) is 12.4. The minimum Gasteiger partial charge on any atom is -0.534 e. The molecule has 0 unspecified atom stereocenters. The third-order valence-corrected chi connectivity index (χ3v) is 16.0. The number of nitrogens with zero attached hydrogens (tertiary/aromatic N) is 1. The number of nitrogens with one attached hydrogen (secondary N) is 3. The summed E-state index contributed by atoms with van der Waals surface area (Å²) in [5, 5.41) is 22.7. The number of methoxy groups -OCH3 is 1. The van der Waals surface area contributed by atoms with Crippen molar-refractivity contribution in [3.8, 4) is 17.2 Å². The number of carbonyl (C=O) groups is 2. The quantitative estimate of drug-likeness (QED) is 0.0409. The van der Waals surface area contributed by atoms with E-state index in [9.17, 15) is 19.1 Å². The Hall–Kier alpha value is -5.89. The Labute approximate surface area is 365 Å². The first-order chi connectivity index (χ1) is 29.9. The molecule has 62 heavy (non-hydrogen) atoms. The SMILES string of the molecule is COC(=O)COc1ccc(CNC(=O)N2CCC(Nc3ccc(CCNC[C@H](O)COc4ccc(O[Si](c5ccccc5)(c5ccccc5)C(C)(C)C)cc4)cc3)CC2)c(F)c1. The molecule has 1 heterocycles. The number of benzene rings is 5. The molecule has 328 valence electrons. The first-order valence-corrected chi connectivity index (χ1v) is 23.1. The molecule has 1 aliphatic rings. The maximum Gasteiger partial charge on any atom is 0.343 e. The van der Waals surface area contributed by atoms with Gasteiger partial charge in [-0.25, -0.2) is 14.0 Å². The summed E-state index contributed by atoms with van der Waals surface area (Å²) in [6.07, 6.45) is 1.71. The van der Waals surface area contributed by atoms with Gasteiger partial charge >= 0.3 is 20.3 Å². The molecule has 13 heteroatoms. The maximum absolute atomic E-state index is 14.6. The second-order valence-electron chi connectivity index (χ2n) is 16.5. The molecule has 1 aliphatic heterocycles. The van der Waals surface area contributed by atoms with Crippen LogP contribution in [0.25, 0.3) is 0 Å². The van der Waals surface area contributed by atoms with Gasteiger partial charge in [-0.05, 0) is 89.2 Å². The Morgan fingerprint density at radius 1 is 0.823 bits per heavy atom. The van der Waals surface area contributed by atoms with Crippen LogP contribution >= 0.6 is 0 Å². The van der Waals surface area contributed by atoms with Crippen molar-refractivity contribution in [3.05, 3.63) is 144 Å². The van der Waals surface area contributed by atoms with Crippen LogP contribution in [0.5, 0.6) is 17.2 Å². The number of hydrogen-bond acceptors (Lipinski definition) is 9. The molecule has 1 saturated heterocycles. The number of carbonyl (C=O) groups excluding carboxylic acids is 2. The summed E-state index contributed by atoms with van der Waals surface area (Å²) in [7, 11) is -1.49. The summed E-state index contributed by atoms with van der Waals surface area (Å²) in [4.78, 5) is 25.8. The number of esters is 1. The zero-order valence-electron chi connectivity index (χ0n) is 36.1. The van der Waals surface area contributed by atoms with E-state index in [0.29, 0.717) is 37.5 Å². The Morgan fingerprint density at radius 2 is 1.44 bits per heavy atom. The van der Waals surface area contributed by atoms with Gasteiger partial charge in [-0.1, -0.05) is 99.6 Å². The van der Waals surface area contributed by atoms with Gasteiger partial charge in [-0.2, -0.15) is 0 Å². The molecule has 0 bridgehead atoms. The fourth-order valence-electron chi connectivity index (χ4n) is 7.66. The highest BCUT2D eigenvalue weighted by Gasteiger charge is 2.52. The summed E-state index contributed by atoms with van der Waals surface area (Å²) in [5.74, 6) is 0.563. The fraction of sp³-hybridized carbons (Fsp3) is 0.347. The van der Waals surface area contributed by atoms with E-state index in [2.05, 4.69) is 114 Å². The number of ether oxygens (including phenoxy) is 3. The summed E-state index contributed by atoms with van der Waals surface area (Å²) < 4.78 is 37.3. The Bertz CT molecular complexity index is 2130. The zero-order chi connectivity index (χ0) is 44.0. The fourth-order valence-corrected chi connectivity index (χ4v) is 12.1. The monoisotopic (exact) mass is 862 g/mol. The van der Waals surface area contributed by atoms with Crippen LogP contribution in [0.4, 0.5) is 14.9 Å². The van der Waals surface area contributed by atoms with Crippen LogP contribution in [-0.4, -0.2) is 89.0 Å². The van der Waals surface area contributed by atoms with E-state index in [1.165, 1.54) is 35.2 Å².